The van der Waals surface area contributed by atoms with Gasteiger partial charge >= 0.3 is 0 Å². The molecule has 0 aliphatic carbocycles. The number of ketones is 1. The molecule has 2 N–H and O–H groups in total. The van der Waals surface area contributed by atoms with Crippen LogP contribution in [0.25, 0.3) is 21.9 Å². The van der Waals surface area contributed by atoms with Crippen LogP contribution in [0.1, 0.15) is 22.8 Å². The van der Waals surface area contributed by atoms with Crippen LogP contribution in [0.3, 0.4) is 0 Å². The Bertz CT molecular complexity index is 1140. The zero-order chi connectivity index (χ0) is 18.8. The average Bonchev–Trinajstić information content (AvgIpc) is 3.17. The standard InChI is InChI=1S/C23H18N2O2/c1-15(26)25-18-11-9-17(10-12-18)21-13-24-14-22(21)23(27)20-8-4-6-16-5-2-3-7-19(16)20/h2-14,24H,1H3,(H,25,26). The first-order valence-electron chi connectivity index (χ1n) is 8.71. The summed E-state index contributed by atoms with van der Waals surface area (Å²) in [6.07, 6.45) is 3.56. The number of fused-ring (bicyclic) bond motifs is 1. The fourth-order valence-electron chi connectivity index (χ4n) is 3.30. The Kier molecular flexibility index (Phi) is 4.30. The number of carbonyl (C=O) groups excluding carboxylic acids is 2. The van der Waals surface area contributed by atoms with Crippen LogP contribution < -0.4 is 5.32 Å². The molecule has 0 atom stereocenters. The maximum absolute atomic E-state index is 13.3. The maximum atomic E-state index is 13.3. The highest BCUT2D eigenvalue weighted by Gasteiger charge is 2.17. The predicted molar refractivity (Wildman–Crippen MR) is 108 cm³/mol. The van der Waals surface area contributed by atoms with E-state index in [1.54, 1.807) is 6.20 Å². The van der Waals surface area contributed by atoms with Gasteiger partial charge in [0.2, 0.25) is 5.91 Å². The van der Waals surface area contributed by atoms with Gasteiger partial charge in [0.25, 0.3) is 0 Å². The van der Waals surface area contributed by atoms with Crippen LogP contribution in [0.4, 0.5) is 5.69 Å². The molecule has 0 unspecified atom stereocenters. The molecule has 0 bridgehead atoms. The highest BCUT2D eigenvalue weighted by Crippen LogP contribution is 2.29. The van der Waals surface area contributed by atoms with Crippen molar-refractivity contribution in [3.8, 4) is 11.1 Å². The molecule has 4 rings (SSSR count). The van der Waals surface area contributed by atoms with E-state index in [1.165, 1.54) is 6.92 Å². The second-order valence-electron chi connectivity index (χ2n) is 6.40. The lowest BCUT2D eigenvalue weighted by molar-refractivity contribution is -0.114. The van der Waals surface area contributed by atoms with Crippen LogP contribution in [0, 0.1) is 0 Å². The molecule has 27 heavy (non-hydrogen) atoms. The molecule has 4 aromatic rings. The molecule has 0 saturated carbocycles. The van der Waals surface area contributed by atoms with Gasteiger partial charge in [-0.1, -0.05) is 54.6 Å². The summed E-state index contributed by atoms with van der Waals surface area (Å²) in [5.74, 6) is -0.134. The summed E-state index contributed by atoms with van der Waals surface area (Å²) < 4.78 is 0. The number of aromatic amines is 1. The number of anilines is 1. The third-order valence-electron chi connectivity index (χ3n) is 4.54. The quantitative estimate of drug-likeness (QED) is 0.505. The minimum atomic E-state index is -0.115. The number of nitrogens with one attached hydrogen (secondary N) is 2. The molecule has 4 heteroatoms. The largest absolute Gasteiger partial charge is 0.366 e. The molecule has 1 aromatic heterocycles. The number of carbonyl (C=O) groups is 2. The molecular weight excluding hydrogens is 336 g/mol. The smallest absolute Gasteiger partial charge is 0.221 e. The van der Waals surface area contributed by atoms with Gasteiger partial charge in [0.1, 0.15) is 0 Å². The molecule has 1 heterocycles. The van der Waals surface area contributed by atoms with E-state index in [0.717, 1.165) is 27.6 Å². The van der Waals surface area contributed by atoms with E-state index in [4.69, 9.17) is 0 Å². The monoisotopic (exact) mass is 354 g/mol. The fourth-order valence-corrected chi connectivity index (χ4v) is 3.30. The minimum absolute atomic E-state index is 0.0195. The molecule has 0 radical (unpaired) electrons. The van der Waals surface area contributed by atoms with Crippen LogP contribution in [0.5, 0.6) is 0 Å². The highest BCUT2D eigenvalue weighted by molar-refractivity contribution is 6.18. The maximum Gasteiger partial charge on any atom is 0.221 e. The van der Waals surface area contributed by atoms with E-state index in [2.05, 4.69) is 10.3 Å². The van der Waals surface area contributed by atoms with Crippen molar-refractivity contribution in [2.45, 2.75) is 6.92 Å². The van der Waals surface area contributed by atoms with Crippen molar-refractivity contribution in [1.82, 2.24) is 4.98 Å². The molecular formula is C23H18N2O2. The first-order valence-corrected chi connectivity index (χ1v) is 8.71. The molecule has 0 spiro atoms. The second kappa shape index (κ2) is 6.92. The van der Waals surface area contributed by atoms with E-state index < -0.39 is 0 Å². The third-order valence-corrected chi connectivity index (χ3v) is 4.54. The molecule has 0 saturated heterocycles. The van der Waals surface area contributed by atoms with Crippen LogP contribution in [-0.2, 0) is 4.79 Å². The second-order valence-corrected chi connectivity index (χ2v) is 6.40. The predicted octanol–water partition coefficient (Wildman–Crippen LogP) is 5.02. The van der Waals surface area contributed by atoms with Gasteiger partial charge in [-0.15, -0.1) is 0 Å². The Morgan fingerprint density at radius 1 is 0.815 bits per heavy atom. The number of aromatic nitrogens is 1. The lowest BCUT2D eigenvalue weighted by atomic mass is 9.94. The Morgan fingerprint density at radius 2 is 1.56 bits per heavy atom. The Labute approximate surface area is 156 Å². The molecule has 4 nitrogen and oxygen atoms in total. The Morgan fingerprint density at radius 3 is 2.33 bits per heavy atom. The Balaban J connectivity index is 1.73. The van der Waals surface area contributed by atoms with Gasteiger partial charge in [0.15, 0.2) is 5.78 Å². The summed E-state index contributed by atoms with van der Waals surface area (Å²) in [7, 11) is 0. The molecule has 1 amide bonds. The van der Waals surface area contributed by atoms with Crippen LogP contribution >= 0.6 is 0 Å². The van der Waals surface area contributed by atoms with Crippen molar-refractivity contribution in [2.75, 3.05) is 5.32 Å². The molecule has 0 aliphatic heterocycles. The number of hydrogen-bond acceptors (Lipinski definition) is 2. The van der Waals surface area contributed by atoms with Gasteiger partial charge in [-0.05, 0) is 28.5 Å². The van der Waals surface area contributed by atoms with E-state index in [0.29, 0.717) is 11.1 Å². The van der Waals surface area contributed by atoms with Crippen molar-refractivity contribution < 1.29 is 9.59 Å². The Hall–Kier alpha value is -3.66. The van der Waals surface area contributed by atoms with Crippen molar-refractivity contribution >= 4 is 28.2 Å². The van der Waals surface area contributed by atoms with Gasteiger partial charge < -0.3 is 10.3 Å². The molecule has 0 aliphatic rings. The van der Waals surface area contributed by atoms with Crippen molar-refractivity contribution in [1.29, 1.82) is 0 Å². The molecule has 0 fully saturated rings. The van der Waals surface area contributed by atoms with Crippen molar-refractivity contribution in [3.05, 3.63) is 90.3 Å². The van der Waals surface area contributed by atoms with Crippen molar-refractivity contribution in [2.24, 2.45) is 0 Å². The third kappa shape index (κ3) is 3.25. The normalized spacial score (nSPS) is 10.7. The van der Waals surface area contributed by atoms with Gasteiger partial charge in [-0.25, -0.2) is 0 Å². The van der Waals surface area contributed by atoms with Crippen LogP contribution in [0.15, 0.2) is 79.1 Å². The summed E-state index contributed by atoms with van der Waals surface area (Å²) >= 11 is 0. The zero-order valence-corrected chi connectivity index (χ0v) is 14.8. The van der Waals surface area contributed by atoms with E-state index in [9.17, 15) is 9.59 Å². The summed E-state index contributed by atoms with van der Waals surface area (Å²) in [5.41, 5.74) is 3.78. The highest BCUT2D eigenvalue weighted by atomic mass is 16.1. The summed E-state index contributed by atoms with van der Waals surface area (Å²) in [4.78, 5) is 27.5. The van der Waals surface area contributed by atoms with Gasteiger partial charge in [-0.3, -0.25) is 9.59 Å². The minimum Gasteiger partial charge on any atom is -0.366 e. The SMILES string of the molecule is CC(=O)Nc1ccc(-c2c[nH]cc2C(=O)c2cccc3ccccc23)cc1. The van der Waals surface area contributed by atoms with E-state index >= 15 is 0 Å². The summed E-state index contributed by atoms with van der Waals surface area (Å²) in [6.45, 7) is 1.47. The molecule has 3 aromatic carbocycles. The number of hydrogen-bond donors (Lipinski definition) is 2. The fraction of sp³-hybridized carbons (Fsp3) is 0.0435. The number of benzene rings is 3. The average molecular weight is 354 g/mol. The number of H-pyrrole nitrogens is 1. The van der Waals surface area contributed by atoms with Crippen LogP contribution in [0.2, 0.25) is 0 Å². The van der Waals surface area contributed by atoms with E-state index in [1.807, 2.05) is 72.9 Å². The lowest BCUT2D eigenvalue weighted by Gasteiger charge is -2.08. The topological polar surface area (TPSA) is 62.0 Å². The summed E-state index contributed by atoms with van der Waals surface area (Å²) in [6, 6.07) is 21.1. The van der Waals surface area contributed by atoms with Gasteiger partial charge in [0, 0.05) is 41.7 Å². The van der Waals surface area contributed by atoms with E-state index in [-0.39, 0.29) is 11.7 Å². The first-order chi connectivity index (χ1) is 13.1. The summed E-state index contributed by atoms with van der Waals surface area (Å²) in [5, 5.41) is 4.73. The lowest BCUT2D eigenvalue weighted by Crippen LogP contribution is -2.05. The zero-order valence-electron chi connectivity index (χ0n) is 14.8. The van der Waals surface area contributed by atoms with Gasteiger partial charge in [0.05, 0.1) is 0 Å². The molecule has 132 valence electrons. The first kappa shape index (κ1) is 16.8. The van der Waals surface area contributed by atoms with Crippen molar-refractivity contribution in [3.63, 3.8) is 0 Å². The van der Waals surface area contributed by atoms with Gasteiger partial charge in [-0.2, -0.15) is 0 Å². The van der Waals surface area contributed by atoms with Crippen LogP contribution in [-0.4, -0.2) is 16.7 Å². The number of rotatable bonds is 4. The number of amides is 1.